The van der Waals surface area contributed by atoms with E-state index in [4.69, 9.17) is 5.73 Å². The minimum atomic E-state index is -1.07. The van der Waals surface area contributed by atoms with Crippen molar-refractivity contribution in [3.8, 4) is 0 Å². The van der Waals surface area contributed by atoms with Crippen molar-refractivity contribution in [3.05, 3.63) is 29.8 Å². The van der Waals surface area contributed by atoms with Crippen molar-refractivity contribution in [1.82, 2.24) is 4.98 Å². The molecule has 1 aromatic rings. The Bertz CT molecular complexity index is 409. The van der Waals surface area contributed by atoms with E-state index in [1.165, 1.54) is 12.3 Å². The molecule has 3 N–H and O–H groups in total. The first-order valence-electron chi connectivity index (χ1n) is 5.45. The van der Waals surface area contributed by atoms with E-state index in [1.54, 1.807) is 13.8 Å². The number of nitrogens with two attached hydrogens (primary N) is 1. The maximum Gasteiger partial charge on any atom is 0.311 e. The molecule has 0 aliphatic rings. The minimum Gasteiger partial charge on any atom is -0.481 e. The van der Waals surface area contributed by atoms with Crippen LogP contribution in [0.3, 0.4) is 0 Å². The molecule has 0 amide bonds. The molecule has 1 atom stereocenters. The normalized spacial score (nSPS) is 14.6. The number of aliphatic carboxylic acids is 1. The summed E-state index contributed by atoms with van der Waals surface area (Å²) < 4.78 is 13.0. The summed E-state index contributed by atoms with van der Waals surface area (Å²) in [5, 5.41) is 9.33. The average Bonchev–Trinajstić information content (AvgIpc) is 2.25. The highest BCUT2D eigenvalue weighted by atomic mass is 19.1. The summed E-state index contributed by atoms with van der Waals surface area (Å²) in [7, 11) is 0. The molecule has 0 aliphatic heterocycles. The van der Waals surface area contributed by atoms with Crippen LogP contribution in [-0.4, -0.2) is 22.6 Å². The second-order valence-corrected chi connectivity index (χ2v) is 4.51. The van der Waals surface area contributed by atoms with Gasteiger partial charge in [0.15, 0.2) is 0 Å². The van der Waals surface area contributed by atoms with Crippen molar-refractivity contribution in [2.75, 3.05) is 6.54 Å². The van der Waals surface area contributed by atoms with Crippen molar-refractivity contribution in [2.24, 2.45) is 17.1 Å². The Morgan fingerprint density at radius 1 is 1.59 bits per heavy atom. The van der Waals surface area contributed by atoms with Gasteiger partial charge in [0.05, 0.1) is 11.6 Å². The van der Waals surface area contributed by atoms with Crippen LogP contribution in [0.5, 0.6) is 0 Å². The molecule has 0 aliphatic carbocycles. The van der Waals surface area contributed by atoms with E-state index in [-0.39, 0.29) is 18.9 Å². The third kappa shape index (κ3) is 2.79. The molecule has 0 aromatic carbocycles. The fourth-order valence-electron chi connectivity index (χ4n) is 1.84. The van der Waals surface area contributed by atoms with Crippen LogP contribution in [0.4, 0.5) is 4.39 Å². The van der Waals surface area contributed by atoms with E-state index in [0.29, 0.717) is 5.56 Å². The molecule has 0 fully saturated rings. The Morgan fingerprint density at radius 3 is 2.65 bits per heavy atom. The van der Waals surface area contributed by atoms with Crippen molar-refractivity contribution < 1.29 is 14.3 Å². The third-order valence-electron chi connectivity index (χ3n) is 3.18. The molecule has 94 valence electrons. The van der Waals surface area contributed by atoms with Crippen LogP contribution in [-0.2, 0) is 11.2 Å². The van der Waals surface area contributed by atoms with E-state index in [0.717, 1.165) is 6.20 Å². The van der Waals surface area contributed by atoms with Crippen LogP contribution in [0.2, 0.25) is 0 Å². The van der Waals surface area contributed by atoms with Crippen molar-refractivity contribution in [3.63, 3.8) is 0 Å². The van der Waals surface area contributed by atoms with E-state index >= 15 is 0 Å². The molecule has 0 bridgehead atoms. The number of pyridine rings is 1. The zero-order valence-electron chi connectivity index (χ0n) is 9.98. The van der Waals surface area contributed by atoms with Gasteiger partial charge in [-0.25, -0.2) is 4.39 Å². The van der Waals surface area contributed by atoms with E-state index in [1.807, 2.05) is 0 Å². The lowest BCUT2D eigenvalue weighted by atomic mass is 9.73. The standard InChI is InChI=1S/C12H17FN2O2/c1-8(2)12(7-14,11(16)17)4-9-3-10(13)6-15-5-9/h3,5-6,8H,4,7,14H2,1-2H3,(H,16,17). The second kappa shape index (κ2) is 5.23. The molecule has 1 aromatic heterocycles. The first kappa shape index (κ1) is 13.6. The summed E-state index contributed by atoms with van der Waals surface area (Å²) in [6, 6.07) is 1.29. The molecule has 0 saturated heterocycles. The molecule has 1 unspecified atom stereocenters. The second-order valence-electron chi connectivity index (χ2n) is 4.51. The zero-order valence-corrected chi connectivity index (χ0v) is 9.98. The largest absolute Gasteiger partial charge is 0.481 e. The number of carboxylic acid groups (broad SMARTS) is 1. The number of carboxylic acids is 1. The molecular formula is C12H17FN2O2. The van der Waals surface area contributed by atoms with Crippen molar-refractivity contribution >= 4 is 5.97 Å². The SMILES string of the molecule is CC(C)C(CN)(Cc1cncc(F)c1)C(=O)O. The Kier molecular flexibility index (Phi) is 4.17. The van der Waals surface area contributed by atoms with Gasteiger partial charge in [0.25, 0.3) is 0 Å². The van der Waals surface area contributed by atoms with E-state index in [2.05, 4.69) is 4.98 Å². The average molecular weight is 240 g/mol. The number of carbonyl (C=O) groups is 1. The Morgan fingerprint density at radius 2 is 2.24 bits per heavy atom. The number of aromatic nitrogens is 1. The number of hydrogen-bond donors (Lipinski definition) is 2. The Labute approximate surface area is 99.7 Å². The van der Waals surface area contributed by atoms with Gasteiger partial charge < -0.3 is 10.8 Å². The zero-order chi connectivity index (χ0) is 13.1. The predicted octanol–water partition coefficient (Wildman–Crippen LogP) is 1.45. The van der Waals surface area contributed by atoms with Gasteiger partial charge in [0, 0.05) is 12.7 Å². The summed E-state index contributed by atoms with van der Waals surface area (Å²) in [4.78, 5) is 15.1. The predicted molar refractivity (Wildman–Crippen MR) is 61.9 cm³/mol. The van der Waals surface area contributed by atoms with E-state index < -0.39 is 17.2 Å². The van der Waals surface area contributed by atoms with Gasteiger partial charge in [-0.05, 0) is 24.0 Å². The molecular weight excluding hydrogens is 223 g/mol. The van der Waals surface area contributed by atoms with Crippen LogP contribution < -0.4 is 5.73 Å². The van der Waals surface area contributed by atoms with Crippen molar-refractivity contribution in [2.45, 2.75) is 20.3 Å². The molecule has 17 heavy (non-hydrogen) atoms. The first-order chi connectivity index (χ1) is 7.92. The van der Waals surface area contributed by atoms with Gasteiger partial charge >= 0.3 is 5.97 Å². The first-order valence-corrected chi connectivity index (χ1v) is 5.45. The molecule has 5 heteroatoms. The number of hydrogen-bond acceptors (Lipinski definition) is 3. The summed E-state index contributed by atoms with van der Waals surface area (Å²) in [5.74, 6) is -1.57. The van der Waals surface area contributed by atoms with Crippen LogP contribution in [0.15, 0.2) is 18.5 Å². The highest BCUT2D eigenvalue weighted by molar-refractivity contribution is 5.75. The van der Waals surface area contributed by atoms with Gasteiger partial charge in [-0.15, -0.1) is 0 Å². The lowest BCUT2D eigenvalue weighted by Gasteiger charge is -2.32. The number of halogens is 1. The van der Waals surface area contributed by atoms with Gasteiger partial charge in [0.2, 0.25) is 0 Å². The monoisotopic (exact) mass is 240 g/mol. The minimum absolute atomic E-state index is 0.0104. The maximum absolute atomic E-state index is 13.0. The van der Waals surface area contributed by atoms with Gasteiger partial charge in [-0.1, -0.05) is 13.8 Å². The van der Waals surface area contributed by atoms with Crippen LogP contribution in [0.25, 0.3) is 0 Å². The maximum atomic E-state index is 13.0. The fraction of sp³-hybridized carbons (Fsp3) is 0.500. The number of nitrogens with zero attached hydrogens (tertiary/aromatic N) is 1. The van der Waals surface area contributed by atoms with Gasteiger partial charge in [-0.2, -0.15) is 0 Å². The van der Waals surface area contributed by atoms with Crippen LogP contribution in [0.1, 0.15) is 19.4 Å². The van der Waals surface area contributed by atoms with Gasteiger partial charge in [-0.3, -0.25) is 9.78 Å². The highest BCUT2D eigenvalue weighted by Gasteiger charge is 2.40. The fourth-order valence-corrected chi connectivity index (χ4v) is 1.84. The number of rotatable bonds is 5. The summed E-state index contributed by atoms with van der Waals surface area (Å²) in [6.07, 6.45) is 2.74. The third-order valence-corrected chi connectivity index (χ3v) is 3.18. The topological polar surface area (TPSA) is 76.2 Å². The lowest BCUT2D eigenvalue weighted by Crippen LogP contribution is -2.45. The molecule has 4 nitrogen and oxygen atoms in total. The van der Waals surface area contributed by atoms with Crippen molar-refractivity contribution in [1.29, 1.82) is 0 Å². The summed E-state index contributed by atoms with van der Waals surface area (Å²) >= 11 is 0. The molecule has 1 rings (SSSR count). The smallest absolute Gasteiger partial charge is 0.311 e. The molecule has 0 radical (unpaired) electrons. The van der Waals surface area contributed by atoms with Crippen LogP contribution >= 0.6 is 0 Å². The Hall–Kier alpha value is -1.49. The molecule has 1 heterocycles. The molecule has 0 spiro atoms. The summed E-state index contributed by atoms with van der Waals surface area (Å²) in [5.41, 5.74) is 5.07. The molecule has 0 saturated carbocycles. The van der Waals surface area contributed by atoms with E-state index in [9.17, 15) is 14.3 Å². The van der Waals surface area contributed by atoms with Gasteiger partial charge in [0.1, 0.15) is 5.82 Å². The highest BCUT2D eigenvalue weighted by Crippen LogP contribution is 2.31. The summed E-state index contributed by atoms with van der Waals surface area (Å²) in [6.45, 7) is 3.61. The lowest BCUT2D eigenvalue weighted by molar-refractivity contribution is -0.151. The van der Waals surface area contributed by atoms with Crippen LogP contribution in [0, 0.1) is 17.2 Å². The quantitative estimate of drug-likeness (QED) is 0.816. The Balaban J connectivity index is 3.06.